The number of anilines is 1. The maximum atomic E-state index is 9.95. The van der Waals surface area contributed by atoms with Gasteiger partial charge < -0.3 is 10.0 Å². The lowest BCUT2D eigenvalue weighted by molar-refractivity contribution is 0.105. The Morgan fingerprint density at radius 1 is 1.31 bits per heavy atom. The first-order valence-corrected chi connectivity index (χ1v) is 6.36. The average Bonchev–Trinajstić information content (AvgIpc) is 2.30. The summed E-state index contributed by atoms with van der Waals surface area (Å²) in [4.78, 5) is 10.5. The molecule has 1 aliphatic rings. The fourth-order valence-electron chi connectivity index (χ4n) is 2.18. The van der Waals surface area contributed by atoms with Gasteiger partial charge in [0, 0.05) is 19.4 Å². The third-order valence-electron chi connectivity index (χ3n) is 3.11. The Kier molecular flexibility index (Phi) is 3.76. The molecule has 2 atom stereocenters. The second-order valence-electron chi connectivity index (χ2n) is 4.23. The highest BCUT2D eigenvalue weighted by atomic mass is 79.9. The monoisotopic (exact) mass is 285 g/mol. The van der Waals surface area contributed by atoms with Gasteiger partial charge >= 0.3 is 0 Å². The molecule has 1 aromatic rings. The van der Waals surface area contributed by atoms with E-state index in [2.05, 4.69) is 25.9 Å². The van der Waals surface area contributed by atoms with Gasteiger partial charge in [0.1, 0.15) is 0 Å². The van der Waals surface area contributed by atoms with Gasteiger partial charge in [-0.1, -0.05) is 12.8 Å². The number of aliphatic hydroxyl groups is 1. The van der Waals surface area contributed by atoms with Crippen LogP contribution in [0.25, 0.3) is 0 Å². The van der Waals surface area contributed by atoms with Crippen LogP contribution in [0.3, 0.4) is 0 Å². The molecular formula is C11H16BrN3O. The zero-order valence-corrected chi connectivity index (χ0v) is 10.9. The molecule has 0 spiro atoms. The van der Waals surface area contributed by atoms with Crippen LogP contribution in [0.4, 0.5) is 5.95 Å². The van der Waals surface area contributed by atoms with Crippen molar-refractivity contribution in [2.45, 2.75) is 37.8 Å². The standard InChI is InChI=1S/C11H16BrN3O/c1-15(9-4-2-3-5-10(9)16)11-13-6-8(12)7-14-11/h6-7,9-10,16H,2-5H2,1H3. The third-order valence-corrected chi connectivity index (χ3v) is 3.52. The minimum Gasteiger partial charge on any atom is -0.391 e. The topological polar surface area (TPSA) is 49.2 Å². The summed E-state index contributed by atoms with van der Waals surface area (Å²) in [7, 11) is 1.95. The number of rotatable bonds is 2. The Balaban J connectivity index is 2.11. The minimum absolute atomic E-state index is 0.148. The Morgan fingerprint density at radius 2 is 1.94 bits per heavy atom. The van der Waals surface area contributed by atoms with Crippen molar-refractivity contribution < 1.29 is 5.11 Å². The van der Waals surface area contributed by atoms with E-state index in [9.17, 15) is 5.11 Å². The Hall–Kier alpha value is -0.680. The highest BCUT2D eigenvalue weighted by Crippen LogP contribution is 2.24. The van der Waals surface area contributed by atoms with Crippen molar-refractivity contribution in [2.24, 2.45) is 0 Å². The first-order valence-electron chi connectivity index (χ1n) is 5.57. The van der Waals surface area contributed by atoms with Gasteiger partial charge in [-0.05, 0) is 28.8 Å². The van der Waals surface area contributed by atoms with Crippen LogP contribution in [0.2, 0.25) is 0 Å². The number of nitrogens with zero attached hydrogens (tertiary/aromatic N) is 3. The molecule has 2 unspecified atom stereocenters. The first-order chi connectivity index (χ1) is 7.68. The molecule has 0 radical (unpaired) electrons. The van der Waals surface area contributed by atoms with E-state index in [4.69, 9.17) is 0 Å². The van der Waals surface area contributed by atoms with Gasteiger partial charge in [0.2, 0.25) is 5.95 Å². The van der Waals surface area contributed by atoms with Crippen LogP contribution in [-0.2, 0) is 0 Å². The molecule has 0 amide bonds. The number of aromatic nitrogens is 2. The lowest BCUT2D eigenvalue weighted by Gasteiger charge is -2.35. The summed E-state index contributed by atoms with van der Waals surface area (Å²) in [6, 6.07) is 0.148. The molecule has 0 saturated heterocycles. The summed E-state index contributed by atoms with van der Waals surface area (Å²) in [5.41, 5.74) is 0. The predicted molar refractivity (Wildman–Crippen MR) is 66.4 cm³/mol. The number of hydrogen-bond donors (Lipinski definition) is 1. The zero-order chi connectivity index (χ0) is 11.5. The maximum absolute atomic E-state index is 9.95. The molecule has 1 N–H and O–H groups in total. The fourth-order valence-corrected chi connectivity index (χ4v) is 2.38. The second-order valence-corrected chi connectivity index (χ2v) is 5.15. The van der Waals surface area contributed by atoms with Crippen molar-refractivity contribution in [3.63, 3.8) is 0 Å². The van der Waals surface area contributed by atoms with Crippen molar-refractivity contribution in [3.05, 3.63) is 16.9 Å². The Morgan fingerprint density at radius 3 is 2.56 bits per heavy atom. The highest BCUT2D eigenvalue weighted by Gasteiger charge is 2.27. The number of aliphatic hydroxyl groups excluding tert-OH is 1. The third kappa shape index (κ3) is 2.52. The molecule has 1 aromatic heterocycles. The molecule has 1 aliphatic carbocycles. The van der Waals surface area contributed by atoms with Crippen molar-refractivity contribution >= 4 is 21.9 Å². The molecule has 4 nitrogen and oxygen atoms in total. The smallest absolute Gasteiger partial charge is 0.225 e. The summed E-state index contributed by atoms with van der Waals surface area (Å²) >= 11 is 3.31. The normalized spacial score (nSPS) is 25.4. The van der Waals surface area contributed by atoms with E-state index in [0.717, 1.165) is 23.7 Å². The largest absolute Gasteiger partial charge is 0.391 e. The second kappa shape index (κ2) is 5.10. The Bertz CT molecular complexity index is 344. The number of hydrogen-bond acceptors (Lipinski definition) is 4. The van der Waals surface area contributed by atoms with Crippen molar-refractivity contribution in [3.8, 4) is 0 Å². The van der Waals surface area contributed by atoms with Gasteiger partial charge in [-0.3, -0.25) is 0 Å². The maximum Gasteiger partial charge on any atom is 0.225 e. The molecule has 2 rings (SSSR count). The van der Waals surface area contributed by atoms with E-state index in [1.807, 2.05) is 11.9 Å². The van der Waals surface area contributed by atoms with Crippen LogP contribution in [0.1, 0.15) is 25.7 Å². The molecule has 0 aliphatic heterocycles. The van der Waals surface area contributed by atoms with Crippen molar-refractivity contribution in [1.82, 2.24) is 9.97 Å². The van der Waals surface area contributed by atoms with Crippen LogP contribution in [0.15, 0.2) is 16.9 Å². The van der Waals surface area contributed by atoms with E-state index in [0.29, 0.717) is 5.95 Å². The number of halogens is 1. The van der Waals surface area contributed by atoms with Gasteiger partial charge in [-0.25, -0.2) is 9.97 Å². The van der Waals surface area contributed by atoms with E-state index in [1.165, 1.54) is 6.42 Å². The molecule has 88 valence electrons. The predicted octanol–water partition coefficient (Wildman–Crippen LogP) is 1.98. The SMILES string of the molecule is CN(c1ncc(Br)cn1)C1CCCCC1O. The van der Waals surface area contributed by atoms with E-state index in [-0.39, 0.29) is 12.1 Å². The molecule has 0 bridgehead atoms. The van der Waals surface area contributed by atoms with Crippen LogP contribution >= 0.6 is 15.9 Å². The highest BCUT2D eigenvalue weighted by molar-refractivity contribution is 9.10. The summed E-state index contributed by atoms with van der Waals surface area (Å²) in [5.74, 6) is 0.675. The van der Waals surface area contributed by atoms with Gasteiger partial charge in [-0.2, -0.15) is 0 Å². The summed E-state index contributed by atoms with van der Waals surface area (Å²) in [5, 5.41) is 9.95. The van der Waals surface area contributed by atoms with Crippen LogP contribution in [-0.4, -0.2) is 34.3 Å². The summed E-state index contributed by atoms with van der Waals surface area (Å²) in [6.45, 7) is 0. The van der Waals surface area contributed by atoms with Crippen LogP contribution in [0.5, 0.6) is 0 Å². The van der Waals surface area contributed by atoms with Crippen molar-refractivity contribution in [2.75, 3.05) is 11.9 Å². The summed E-state index contributed by atoms with van der Waals surface area (Å²) in [6.07, 6.45) is 7.38. The first kappa shape index (κ1) is 11.8. The van der Waals surface area contributed by atoms with Crippen LogP contribution in [0, 0.1) is 0 Å². The minimum atomic E-state index is -0.258. The molecule has 1 heterocycles. The molecule has 1 fully saturated rings. The van der Waals surface area contributed by atoms with E-state index >= 15 is 0 Å². The van der Waals surface area contributed by atoms with E-state index in [1.54, 1.807) is 12.4 Å². The van der Waals surface area contributed by atoms with Gasteiger partial charge in [0.25, 0.3) is 0 Å². The summed E-state index contributed by atoms with van der Waals surface area (Å²) < 4.78 is 0.869. The molecule has 16 heavy (non-hydrogen) atoms. The average molecular weight is 286 g/mol. The van der Waals surface area contributed by atoms with E-state index < -0.39 is 0 Å². The van der Waals surface area contributed by atoms with Crippen LogP contribution < -0.4 is 4.90 Å². The zero-order valence-electron chi connectivity index (χ0n) is 9.30. The molecule has 5 heteroatoms. The van der Waals surface area contributed by atoms with Gasteiger partial charge in [-0.15, -0.1) is 0 Å². The lowest BCUT2D eigenvalue weighted by atomic mass is 9.92. The molecular weight excluding hydrogens is 270 g/mol. The molecule has 1 saturated carbocycles. The lowest BCUT2D eigenvalue weighted by Crippen LogP contribution is -2.44. The quantitative estimate of drug-likeness (QED) is 0.903. The van der Waals surface area contributed by atoms with Crippen molar-refractivity contribution in [1.29, 1.82) is 0 Å². The van der Waals surface area contributed by atoms with Gasteiger partial charge in [0.05, 0.1) is 16.6 Å². The van der Waals surface area contributed by atoms with Gasteiger partial charge in [0.15, 0.2) is 0 Å². The number of likely N-dealkylation sites (N-methyl/N-ethyl adjacent to an activating group) is 1. The fraction of sp³-hybridized carbons (Fsp3) is 0.636. The molecule has 0 aromatic carbocycles. The Labute approximate surface area is 104 Å².